The van der Waals surface area contributed by atoms with Crippen LogP contribution in [0.25, 0.3) is 0 Å². The van der Waals surface area contributed by atoms with Crippen molar-refractivity contribution >= 4 is 91.2 Å². The van der Waals surface area contributed by atoms with Gasteiger partial charge in [0.15, 0.2) is 17.3 Å². The molecule has 0 bridgehead atoms. The lowest BCUT2D eigenvalue weighted by molar-refractivity contribution is -0.0219. The maximum atomic E-state index is 13.0. The summed E-state index contributed by atoms with van der Waals surface area (Å²) < 4.78 is 6.53. The Balaban J connectivity index is 2.70. The average molecular weight is 803 g/mol. The fourth-order valence-corrected chi connectivity index (χ4v) is 7.16. The van der Waals surface area contributed by atoms with Gasteiger partial charge in [-0.25, -0.2) is 4.99 Å². The van der Waals surface area contributed by atoms with E-state index < -0.39 is 42.6 Å². The smallest absolute Gasteiger partial charge is 0.255 e. The SMILES string of the molecule is CC(O)(CO)NC(=O)c1c(I)c(N=C2CCC(CO)O2)c(I)c(C(=O)NC(C)(O)CO)c1I. The van der Waals surface area contributed by atoms with Crippen LogP contribution in [0, 0.1) is 10.7 Å². The van der Waals surface area contributed by atoms with E-state index in [2.05, 4.69) is 15.6 Å². The van der Waals surface area contributed by atoms with Crippen LogP contribution in [-0.4, -0.2) is 80.6 Å². The lowest BCUT2D eigenvalue weighted by Gasteiger charge is -2.25. The Labute approximate surface area is 230 Å². The molecule has 3 atom stereocenters. The van der Waals surface area contributed by atoms with Crippen molar-refractivity contribution in [2.75, 3.05) is 19.8 Å². The van der Waals surface area contributed by atoms with Gasteiger partial charge in [0.1, 0.15) is 6.10 Å². The van der Waals surface area contributed by atoms with Gasteiger partial charge in [0.2, 0.25) is 0 Å². The summed E-state index contributed by atoms with van der Waals surface area (Å²) in [7, 11) is 0. The van der Waals surface area contributed by atoms with Gasteiger partial charge in [0, 0.05) is 9.99 Å². The Hall–Kier alpha value is -0.380. The molecule has 1 aliphatic rings. The van der Waals surface area contributed by atoms with E-state index in [-0.39, 0.29) is 27.0 Å². The summed E-state index contributed by atoms with van der Waals surface area (Å²) in [6.07, 6.45) is 0.615. The number of aliphatic hydroxyl groups excluding tert-OH is 3. The van der Waals surface area contributed by atoms with E-state index in [0.29, 0.717) is 25.9 Å². The quantitative estimate of drug-likeness (QED) is 0.147. The molecule has 0 spiro atoms. The summed E-state index contributed by atoms with van der Waals surface area (Å²) in [6, 6.07) is 0. The number of aliphatic imine (C=N–C) groups is 1. The van der Waals surface area contributed by atoms with Gasteiger partial charge in [-0.05, 0) is 88.0 Å². The molecule has 14 heteroatoms. The minimum absolute atomic E-state index is 0.0233. The van der Waals surface area contributed by atoms with Crippen molar-refractivity contribution in [1.29, 1.82) is 0 Å². The lowest BCUT2D eigenvalue weighted by Crippen LogP contribution is -2.50. The van der Waals surface area contributed by atoms with Crippen LogP contribution >= 0.6 is 67.8 Å². The fraction of sp³-hybridized carbons (Fsp3) is 0.526. The molecule has 1 saturated heterocycles. The predicted octanol–water partition coefficient (Wildman–Crippen LogP) is 0.563. The molecule has 0 saturated carbocycles. The van der Waals surface area contributed by atoms with Crippen LogP contribution in [-0.2, 0) is 4.74 Å². The van der Waals surface area contributed by atoms with Gasteiger partial charge in [-0.1, -0.05) is 0 Å². The molecule has 1 fully saturated rings. The summed E-state index contributed by atoms with van der Waals surface area (Å²) in [5.41, 5.74) is -3.52. The van der Waals surface area contributed by atoms with Crippen molar-refractivity contribution in [3.8, 4) is 0 Å². The number of carbonyl (C=O) groups excluding carboxylic acids is 2. The number of ether oxygens (including phenoxy) is 1. The molecule has 11 nitrogen and oxygen atoms in total. The topological polar surface area (TPSA) is 181 Å². The Bertz CT molecular complexity index is 911. The average Bonchev–Trinajstić information content (AvgIpc) is 3.18. The van der Waals surface area contributed by atoms with Crippen molar-refractivity contribution < 1.29 is 39.9 Å². The first kappa shape index (κ1) is 28.9. The number of nitrogens with one attached hydrogen (secondary N) is 2. The van der Waals surface area contributed by atoms with Crippen LogP contribution < -0.4 is 10.6 Å². The van der Waals surface area contributed by atoms with Crippen molar-refractivity contribution in [3.63, 3.8) is 0 Å². The van der Waals surface area contributed by atoms with Crippen LogP contribution in [0.4, 0.5) is 5.69 Å². The Morgan fingerprint density at radius 3 is 1.79 bits per heavy atom. The molecule has 0 aliphatic carbocycles. The van der Waals surface area contributed by atoms with E-state index in [1.807, 2.05) is 67.8 Å². The molecule has 2 amide bonds. The second-order valence-electron chi connectivity index (χ2n) is 7.78. The predicted molar refractivity (Wildman–Crippen MR) is 143 cm³/mol. The molecular weight excluding hydrogens is 779 g/mol. The lowest BCUT2D eigenvalue weighted by atomic mass is 10.1. The Kier molecular flexibility index (Phi) is 10.1. The van der Waals surface area contributed by atoms with Crippen LogP contribution in [0.2, 0.25) is 0 Å². The maximum absolute atomic E-state index is 13.0. The molecule has 3 unspecified atom stereocenters. The van der Waals surface area contributed by atoms with Crippen LogP contribution in [0.1, 0.15) is 47.4 Å². The number of nitrogens with zero attached hydrogens (tertiary/aromatic N) is 1. The van der Waals surface area contributed by atoms with Crippen LogP contribution in [0.15, 0.2) is 4.99 Å². The molecule has 1 aromatic rings. The summed E-state index contributed by atoms with van der Waals surface area (Å²) in [5.74, 6) is -1.19. The van der Waals surface area contributed by atoms with Gasteiger partial charge in [-0.3, -0.25) is 9.59 Å². The highest BCUT2D eigenvalue weighted by Gasteiger charge is 2.33. The number of halogens is 3. The molecule has 0 radical (unpaired) electrons. The van der Waals surface area contributed by atoms with Crippen LogP contribution in [0.3, 0.4) is 0 Å². The molecular formula is C19H24I3N3O8. The molecule has 184 valence electrons. The van der Waals surface area contributed by atoms with Crippen LogP contribution in [0.5, 0.6) is 0 Å². The number of benzene rings is 1. The third-order valence-electron chi connectivity index (χ3n) is 4.55. The standard InChI is InChI=1S/C19H24I3N3O8/c1-18(31,6-27)24-16(29)10-12(20)11(17(30)25-19(2,32)7-28)14(22)15(13(10)21)23-9-4-3-8(5-26)33-9/h8,26-28,31-32H,3-7H2,1-2H3,(H,24,29)(H,25,30). The fourth-order valence-electron chi connectivity index (χ4n) is 2.77. The van der Waals surface area contributed by atoms with Crippen molar-refractivity contribution in [1.82, 2.24) is 10.6 Å². The van der Waals surface area contributed by atoms with E-state index in [1.54, 1.807) is 0 Å². The monoisotopic (exact) mass is 803 g/mol. The van der Waals surface area contributed by atoms with Gasteiger partial charge >= 0.3 is 0 Å². The first-order chi connectivity index (χ1) is 15.3. The van der Waals surface area contributed by atoms with Crippen molar-refractivity contribution in [3.05, 3.63) is 21.8 Å². The zero-order chi connectivity index (χ0) is 25.1. The summed E-state index contributed by atoms with van der Waals surface area (Å²) in [6.45, 7) is 0.772. The minimum Gasteiger partial charge on any atom is -0.475 e. The third-order valence-corrected chi connectivity index (χ3v) is 7.73. The summed E-state index contributed by atoms with van der Waals surface area (Å²) in [4.78, 5) is 30.6. The second-order valence-corrected chi connectivity index (χ2v) is 11.0. The van der Waals surface area contributed by atoms with E-state index in [1.165, 1.54) is 13.8 Å². The molecule has 0 aromatic heterocycles. The number of carbonyl (C=O) groups is 2. The van der Waals surface area contributed by atoms with E-state index in [4.69, 9.17) is 4.74 Å². The summed E-state index contributed by atoms with van der Waals surface area (Å²) in [5, 5.41) is 52.8. The second kappa shape index (κ2) is 11.6. The highest BCUT2D eigenvalue weighted by atomic mass is 127. The molecule has 1 heterocycles. The van der Waals surface area contributed by atoms with Gasteiger partial charge in [-0.2, -0.15) is 0 Å². The summed E-state index contributed by atoms with van der Waals surface area (Å²) >= 11 is 5.61. The first-order valence-electron chi connectivity index (χ1n) is 9.64. The molecule has 2 rings (SSSR count). The number of aliphatic hydroxyl groups is 5. The number of hydrogen-bond donors (Lipinski definition) is 7. The van der Waals surface area contributed by atoms with Crippen molar-refractivity contribution in [2.24, 2.45) is 4.99 Å². The maximum Gasteiger partial charge on any atom is 0.255 e. The minimum atomic E-state index is -1.91. The number of amides is 2. The largest absolute Gasteiger partial charge is 0.475 e. The highest BCUT2D eigenvalue weighted by Crippen LogP contribution is 2.38. The van der Waals surface area contributed by atoms with E-state index >= 15 is 0 Å². The van der Waals surface area contributed by atoms with Gasteiger partial charge < -0.3 is 40.9 Å². The zero-order valence-corrected chi connectivity index (χ0v) is 24.1. The number of hydrogen-bond acceptors (Lipinski definition) is 9. The van der Waals surface area contributed by atoms with Crippen molar-refractivity contribution in [2.45, 2.75) is 44.2 Å². The van der Waals surface area contributed by atoms with E-state index in [9.17, 15) is 35.1 Å². The third kappa shape index (κ3) is 7.07. The van der Waals surface area contributed by atoms with Gasteiger partial charge in [0.05, 0.1) is 43.8 Å². The van der Waals surface area contributed by atoms with Gasteiger partial charge in [-0.15, -0.1) is 0 Å². The Morgan fingerprint density at radius 2 is 1.42 bits per heavy atom. The Morgan fingerprint density at radius 1 is 0.970 bits per heavy atom. The zero-order valence-electron chi connectivity index (χ0n) is 17.7. The normalized spacial score (nSPS) is 20.7. The van der Waals surface area contributed by atoms with Gasteiger partial charge in [0.25, 0.3) is 11.8 Å². The first-order valence-corrected chi connectivity index (χ1v) is 12.9. The molecule has 1 aromatic carbocycles. The number of rotatable bonds is 8. The molecule has 33 heavy (non-hydrogen) atoms. The highest BCUT2D eigenvalue weighted by molar-refractivity contribution is 14.1. The molecule has 7 N–H and O–H groups in total. The van der Waals surface area contributed by atoms with E-state index in [0.717, 1.165) is 0 Å². The molecule has 1 aliphatic heterocycles.